The molecule has 0 aliphatic carbocycles. The van der Waals surface area contributed by atoms with Gasteiger partial charge in [-0.3, -0.25) is 9.78 Å². The van der Waals surface area contributed by atoms with E-state index in [9.17, 15) is 4.79 Å². The van der Waals surface area contributed by atoms with Crippen LogP contribution in [0.5, 0.6) is 0 Å². The quantitative estimate of drug-likeness (QED) is 0.329. The van der Waals surface area contributed by atoms with Gasteiger partial charge < -0.3 is 21.2 Å². The minimum atomic E-state index is -0.856. The molecule has 1 aromatic heterocycles. The van der Waals surface area contributed by atoms with Crippen molar-refractivity contribution in [1.29, 1.82) is 0 Å². The molecule has 0 aromatic carbocycles. The number of rotatable bonds is 3. The van der Waals surface area contributed by atoms with E-state index in [1.165, 1.54) is 18.5 Å². The van der Waals surface area contributed by atoms with Gasteiger partial charge in [0.05, 0.1) is 10.6 Å². The first-order chi connectivity index (χ1) is 9.98. The normalized spacial score (nSPS) is 19.2. The van der Waals surface area contributed by atoms with Gasteiger partial charge in [-0.25, -0.2) is 0 Å². The van der Waals surface area contributed by atoms with Crippen molar-refractivity contribution in [2.45, 2.75) is 18.4 Å². The Morgan fingerprint density at radius 2 is 2.24 bits per heavy atom. The van der Waals surface area contributed by atoms with Crippen LogP contribution in [0.1, 0.15) is 23.2 Å². The van der Waals surface area contributed by atoms with Gasteiger partial charge in [0.25, 0.3) is 5.91 Å². The highest BCUT2D eigenvalue weighted by molar-refractivity contribution is 6.33. The van der Waals surface area contributed by atoms with Gasteiger partial charge in [-0.1, -0.05) is 16.8 Å². The van der Waals surface area contributed by atoms with E-state index in [1.54, 1.807) is 0 Å². The van der Waals surface area contributed by atoms with Crippen molar-refractivity contribution in [1.82, 2.24) is 15.2 Å². The molecule has 0 bridgehead atoms. The second-order valence-electron chi connectivity index (χ2n) is 5.18. The summed E-state index contributed by atoms with van der Waals surface area (Å²) in [6, 6.07) is 1.53. The molecule has 21 heavy (non-hydrogen) atoms. The molecule has 0 radical (unpaired) electrons. The van der Waals surface area contributed by atoms with Crippen molar-refractivity contribution in [3.8, 4) is 0 Å². The Bertz CT molecular complexity index is 555. The molecule has 1 amide bonds. The molecule has 114 valence electrons. The number of hydrogen-bond acceptors (Lipinski definition) is 5. The smallest absolute Gasteiger partial charge is 0.253 e. The summed E-state index contributed by atoms with van der Waals surface area (Å²) in [5.74, 6) is -0.354. The molecule has 2 rings (SSSR count). The molecule has 0 atom stereocenters. The minimum absolute atomic E-state index is 0.00845. The SMILES string of the molecule is CN1CCC(NC(=O)c2ccncc2Cl)(C(N)=NO)CC1. The number of pyridine rings is 1. The monoisotopic (exact) mass is 311 g/mol. The maximum atomic E-state index is 12.4. The lowest BCUT2D eigenvalue weighted by Gasteiger charge is -2.40. The van der Waals surface area contributed by atoms with Gasteiger partial charge >= 0.3 is 0 Å². The van der Waals surface area contributed by atoms with Gasteiger partial charge in [-0.05, 0) is 26.0 Å². The Balaban J connectivity index is 2.24. The van der Waals surface area contributed by atoms with Crippen LogP contribution in [0.25, 0.3) is 0 Å². The Morgan fingerprint density at radius 3 is 2.81 bits per heavy atom. The second-order valence-corrected chi connectivity index (χ2v) is 5.59. The Morgan fingerprint density at radius 1 is 1.57 bits per heavy atom. The number of carbonyl (C=O) groups excluding carboxylic acids is 1. The number of likely N-dealkylation sites (tertiary alicyclic amines) is 1. The molecule has 1 aliphatic heterocycles. The molecular formula is C13H18ClN5O2. The second kappa shape index (κ2) is 6.28. The van der Waals surface area contributed by atoms with Crippen LogP contribution in [-0.2, 0) is 0 Å². The van der Waals surface area contributed by atoms with Crippen molar-refractivity contribution in [2.75, 3.05) is 20.1 Å². The van der Waals surface area contributed by atoms with Gasteiger partial charge in [0.1, 0.15) is 5.54 Å². The summed E-state index contributed by atoms with van der Waals surface area (Å²) in [7, 11) is 1.98. The van der Waals surface area contributed by atoms with Crippen molar-refractivity contribution in [3.63, 3.8) is 0 Å². The lowest BCUT2D eigenvalue weighted by Crippen LogP contribution is -2.62. The van der Waals surface area contributed by atoms with E-state index in [4.69, 9.17) is 22.5 Å². The maximum Gasteiger partial charge on any atom is 0.253 e. The molecule has 7 nitrogen and oxygen atoms in total. The van der Waals surface area contributed by atoms with Crippen molar-refractivity contribution in [3.05, 3.63) is 29.0 Å². The third-order valence-electron chi connectivity index (χ3n) is 3.81. The average Bonchev–Trinajstić information content (AvgIpc) is 2.49. The van der Waals surface area contributed by atoms with E-state index in [2.05, 4.69) is 20.4 Å². The number of nitrogens with zero attached hydrogens (tertiary/aromatic N) is 3. The molecule has 1 aliphatic rings. The van der Waals surface area contributed by atoms with E-state index in [0.29, 0.717) is 18.4 Å². The first kappa shape index (κ1) is 15.5. The number of nitrogens with two attached hydrogens (primary N) is 1. The van der Waals surface area contributed by atoms with Crippen LogP contribution in [0.4, 0.5) is 0 Å². The zero-order valence-corrected chi connectivity index (χ0v) is 12.5. The highest BCUT2D eigenvalue weighted by Gasteiger charge is 2.39. The lowest BCUT2D eigenvalue weighted by atomic mass is 9.86. The number of amides is 1. The average molecular weight is 312 g/mol. The van der Waals surface area contributed by atoms with Gasteiger partial charge in [-0.15, -0.1) is 0 Å². The summed E-state index contributed by atoms with van der Waals surface area (Å²) in [4.78, 5) is 18.4. The number of nitrogens with one attached hydrogen (secondary N) is 1. The van der Waals surface area contributed by atoms with Gasteiger partial charge in [0.15, 0.2) is 5.84 Å². The number of piperidine rings is 1. The number of halogens is 1. The van der Waals surface area contributed by atoms with Crippen LogP contribution in [0.15, 0.2) is 23.6 Å². The molecule has 4 N–H and O–H groups in total. The lowest BCUT2D eigenvalue weighted by molar-refractivity contribution is 0.0886. The molecule has 0 unspecified atom stereocenters. The van der Waals surface area contributed by atoms with E-state index in [1.807, 2.05) is 7.05 Å². The summed E-state index contributed by atoms with van der Waals surface area (Å²) in [5, 5.41) is 15.2. The number of amidine groups is 1. The minimum Gasteiger partial charge on any atom is -0.409 e. The predicted octanol–water partition coefficient (Wildman–Crippen LogP) is 0.676. The number of oxime groups is 1. The van der Waals surface area contributed by atoms with Gasteiger partial charge in [-0.2, -0.15) is 0 Å². The van der Waals surface area contributed by atoms with Crippen LogP contribution in [0, 0.1) is 0 Å². The summed E-state index contributed by atoms with van der Waals surface area (Å²) < 4.78 is 0. The van der Waals surface area contributed by atoms with E-state index < -0.39 is 5.54 Å². The highest BCUT2D eigenvalue weighted by atomic mass is 35.5. The van der Waals surface area contributed by atoms with E-state index >= 15 is 0 Å². The number of aromatic nitrogens is 1. The summed E-state index contributed by atoms with van der Waals surface area (Å²) in [6.45, 7) is 1.47. The molecule has 2 heterocycles. The first-order valence-electron chi connectivity index (χ1n) is 6.57. The van der Waals surface area contributed by atoms with Crippen LogP contribution >= 0.6 is 11.6 Å². The molecule has 8 heteroatoms. The molecule has 1 fully saturated rings. The summed E-state index contributed by atoms with van der Waals surface area (Å²) in [5.41, 5.74) is 5.27. The van der Waals surface area contributed by atoms with E-state index in [-0.39, 0.29) is 16.8 Å². The van der Waals surface area contributed by atoms with E-state index in [0.717, 1.165) is 13.1 Å². The topological polar surface area (TPSA) is 104 Å². The Kier molecular flexibility index (Phi) is 4.64. The van der Waals surface area contributed by atoms with Crippen LogP contribution in [0.2, 0.25) is 5.02 Å². The first-order valence-corrected chi connectivity index (χ1v) is 6.95. The van der Waals surface area contributed by atoms with Crippen LogP contribution in [-0.4, -0.2) is 52.5 Å². The fraction of sp³-hybridized carbons (Fsp3) is 0.462. The molecule has 0 saturated carbocycles. The molecule has 1 saturated heterocycles. The number of carbonyl (C=O) groups is 1. The largest absolute Gasteiger partial charge is 0.409 e. The third kappa shape index (κ3) is 3.25. The highest BCUT2D eigenvalue weighted by Crippen LogP contribution is 2.23. The number of hydrogen-bond donors (Lipinski definition) is 3. The third-order valence-corrected chi connectivity index (χ3v) is 4.11. The van der Waals surface area contributed by atoms with Crippen molar-refractivity contribution in [2.24, 2.45) is 10.9 Å². The van der Waals surface area contributed by atoms with Gasteiger partial charge in [0.2, 0.25) is 0 Å². The molecule has 0 spiro atoms. The Hall–Kier alpha value is -1.86. The fourth-order valence-corrected chi connectivity index (χ4v) is 2.59. The molecule has 1 aromatic rings. The zero-order chi connectivity index (χ0) is 15.5. The maximum absolute atomic E-state index is 12.4. The molecular weight excluding hydrogens is 294 g/mol. The summed E-state index contributed by atoms with van der Waals surface area (Å²) in [6.07, 6.45) is 4.02. The van der Waals surface area contributed by atoms with Crippen LogP contribution in [0.3, 0.4) is 0 Å². The van der Waals surface area contributed by atoms with Crippen molar-refractivity contribution < 1.29 is 10.0 Å². The predicted molar refractivity (Wildman–Crippen MR) is 79.6 cm³/mol. The van der Waals surface area contributed by atoms with Gasteiger partial charge in [0, 0.05) is 25.5 Å². The Labute approximate surface area is 127 Å². The zero-order valence-electron chi connectivity index (χ0n) is 11.7. The summed E-state index contributed by atoms with van der Waals surface area (Å²) >= 11 is 5.98. The van der Waals surface area contributed by atoms with Crippen LogP contribution < -0.4 is 11.1 Å². The standard InChI is InChI=1S/C13H18ClN5O2/c1-19-6-3-13(4-7-19,12(15)18-21)17-11(20)9-2-5-16-8-10(9)14/h2,5,8,21H,3-4,6-7H2,1H3,(H2,15,18)(H,17,20). The fourth-order valence-electron chi connectivity index (χ4n) is 2.39. The van der Waals surface area contributed by atoms with Crippen molar-refractivity contribution >= 4 is 23.3 Å².